The number of aryl methyl sites for hydroxylation is 1. The summed E-state index contributed by atoms with van der Waals surface area (Å²) in [4.78, 5) is 22.5. The van der Waals surface area contributed by atoms with Crippen LogP contribution in [0.25, 0.3) is 0 Å². The zero-order valence-corrected chi connectivity index (χ0v) is 12.8. The predicted octanol–water partition coefficient (Wildman–Crippen LogP) is 2.42. The molecule has 0 aliphatic carbocycles. The number of carbonyl (C=O) groups excluding carboxylic acids is 1. The Bertz CT molecular complexity index is 598. The molecule has 0 saturated heterocycles. The van der Waals surface area contributed by atoms with Gasteiger partial charge in [0.2, 0.25) is 5.91 Å². The van der Waals surface area contributed by atoms with Crippen LogP contribution in [0, 0.1) is 6.92 Å². The first kappa shape index (κ1) is 15.2. The van der Waals surface area contributed by atoms with Gasteiger partial charge in [-0.3, -0.25) is 14.8 Å². The molecule has 0 bridgehead atoms. The topological polar surface area (TPSA) is 46.1 Å². The molecule has 0 N–H and O–H groups in total. The second-order valence-corrected chi connectivity index (χ2v) is 5.42. The van der Waals surface area contributed by atoms with Crippen molar-refractivity contribution in [1.82, 2.24) is 14.9 Å². The molecule has 0 aliphatic heterocycles. The number of likely N-dealkylation sites (N-methyl/N-ethyl adjacent to an activating group) is 1. The SMILES string of the molecule is Cc1ccnc(CC(C)N(C)C(=O)Cc2cccnc2)c1. The standard InChI is InChI=1S/C17H21N3O/c1-13-6-8-19-16(9-13)10-14(2)20(3)17(21)11-15-5-4-7-18-12-15/h4-9,12,14H,10-11H2,1-3H3. The van der Waals surface area contributed by atoms with E-state index in [9.17, 15) is 4.79 Å². The molecule has 0 radical (unpaired) electrons. The summed E-state index contributed by atoms with van der Waals surface area (Å²) in [6.45, 7) is 4.10. The van der Waals surface area contributed by atoms with Crippen LogP contribution < -0.4 is 0 Å². The Morgan fingerprint density at radius 3 is 2.81 bits per heavy atom. The quantitative estimate of drug-likeness (QED) is 0.846. The van der Waals surface area contributed by atoms with E-state index in [0.29, 0.717) is 6.42 Å². The first-order valence-electron chi connectivity index (χ1n) is 7.12. The van der Waals surface area contributed by atoms with Gasteiger partial charge in [-0.15, -0.1) is 0 Å². The van der Waals surface area contributed by atoms with E-state index >= 15 is 0 Å². The lowest BCUT2D eigenvalue weighted by molar-refractivity contribution is -0.130. The number of aromatic nitrogens is 2. The Morgan fingerprint density at radius 2 is 2.14 bits per heavy atom. The number of pyridine rings is 2. The average Bonchev–Trinajstić information content (AvgIpc) is 2.47. The first-order chi connectivity index (χ1) is 10.1. The molecule has 0 fully saturated rings. The zero-order chi connectivity index (χ0) is 15.2. The molecule has 1 unspecified atom stereocenters. The summed E-state index contributed by atoms with van der Waals surface area (Å²) >= 11 is 0. The summed E-state index contributed by atoms with van der Waals surface area (Å²) < 4.78 is 0. The van der Waals surface area contributed by atoms with Crippen LogP contribution in [0.2, 0.25) is 0 Å². The van der Waals surface area contributed by atoms with Crippen molar-refractivity contribution < 1.29 is 4.79 Å². The molecular weight excluding hydrogens is 262 g/mol. The van der Waals surface area contributed by atoms with E-state index in [2.05, 4.69) is 16.0 Å². The lowest BCUT2D eigenvalue weighted by Crippen LogP contribution is -2.37. The molecule has 1 amide bonds. The molecule has 21 heavy (non-hydrogen) atoms. The normalized spacial score (nSPS) is 12.0. The van der Waals surface area contributed by atoms with Gasteiger partial charge in [0.1, 0.15) is 0 Å². The minimum Gasteiger partial charge on any atom is -0.342 e. The molecule has 1 atom stereocenters. The van der Waals surface area contributed by atoms with Gasteiger partial charge in [-0.05, 0) is 43.2 Å². The second kappa shape index (κ2) is 6.97. The van der Waals surface area contributed by atoms with Crippen molar-refractivity contribution in [3.05, 3.63) is 59.7 Å². The van der Waals surface area contributed by atoms with Crippen molar-refractivity contribution in [1.29, 1.82) is 0 Å². The van der Waals surface area contributed by atoms with Gasteiger partial charge in [0.25, 0.3) is 0 Å². The molecule has 0 spiro atoms. The maximum Gasteiger partial charge on any atom is 0.227 e. The number of nitrogens with zero attached hydrogens (tertiary/aromatic N) is 3. The van der Waals surface area contributed by atoms with Gasteiger partial charge in [0.05, 0.1) is 6.42 Å². The van der Waals surface area contributed by atoms with Crippen molar-refractivity contribution in [2.45, 2.75) is 32.7 Å². The number of amides is 1. The summed E-state index contributed by atoms with van der Waals surface area (Å²) in [5, 5.41) is 0. The molecule has 4 heteroatoms. The van der Waals surface area contributed by atoms with Crippen molar-refractivity contribution in [2.24, 2.45) is 0 Å². The van der Waals surface area contributed by atoms with Crippen LogP contribution in [0.4, 0.5) is 0 Å². The Balaban J connectivity index is 1.95. The number of rotatable bonds is 5. The third-order valence-corrected chi connectivity index (χ3v) is 3.61. The smallest absolute Gasteiger partial charge is 0.227 e. The van der Waals surface area contributed by atoms with Crippen LogP contribution in [-0.4, -0.2) is 33.9 Å². The van der Waals surface area contributed by atoms with Crippen molar-refractivity contribution in [3.63, 3.8) is 0 Å². The fraction of sp³-hybridized carbons (Fsp3) is 0.353. The molecular formula is C17H21N3O. The van der Waals surface area contributed by atoms with Crippen molar-refractivity contribution in [3.8, 4) is 0 Å². The minimum absolute atomic E-state index is 0.100. The van der Waals surface area contributed by atoms with Gasteiger partial charge in [-0.2, -0.15) is 0 Å². The number of hydrogen-bond acceptors (Lipinski definition) is 3. The highest BCUT2D eigenvalue weighted by Crippen LogP contribution is 2.09. The van der Waals surface area contributed by atoms with Crippen LogP contribution >= 0.6 is 0 Å². The minimum atomic E-state index is 0.100. The van der Waals surface area contributed by atoms with Gasteiger partial charge in [0, 0.05) is 43.8 Å². The predicted molar refractivity (Wildman–Crippen MR) is 82.9 cm³/mol. The van der Waals surface area contributed by atoms with Gasteiger partial charge in [0.15, 0.2) is 0 Å². The fourth-order valence-corrected chi connectivity index (χ4v) is 2.20. The van der Waals surface area contributed by atoms with Crippen LogP contribution in [0.1, 0.15) is 23.7 Å². The van der Waals surface area contributed by atoms with E-state index in [1.165, 1.54) is 5.56 Å². The molecule has 0 aromatic carbocycles. The van der Waals surface area contributed by atoms with E-state index in [0.717, 1.165) is 17.7 Å². The maximum absolute atomic E-state index is 12.3. The largest absolute Gasteiger partial charge is 0.342 e. The lowest BCUT2D eigenvalue weighted by Gasteiger charge is -2.25. The molecule has 110 valence electrons. The molecule has 2 aromatic heterocycles. The van der Waals surface area contributed by atoms with E-state index in [-0.39, 0.29) is 11.9 Å². The maximum atomic E-state index is 12.3. The Labute approximate surface area is 125 Å². The third kappa shape index (κ3) is 4.38. The van der Waals surface area contributed by atoms with Crippen LogP contribution in [0.3, 0.4) is 0 Å². The highest BCUT2D eigenvalue weighted by atomic mass is 16.2. The van der Waals surface area contributed by atoms with Crippen LogP contribution in [0.15, 0.2) is 42.9 Å². The van der Waals surface area contributed by atoms with Crippen LogP contribution in [-0.2, 0) is 17.6 Å². The Kier molecular flexibility index (Phi) is 5.04. The lowest BCUT2D eigenvalue weighted by atomic mass is 10.1. The van der Waals surface area contributed by atoms with Gasteiger partial charge in [-0.25, -0.2) is 0 Å². The van der Waals surface area contributed by atoms with Crippen LogP contribution in [0.5, 0.6) is 0 Å². The van der Waals surface area contributed by atoms with E-state index < -0.39 is 0 Å². The summed E-state index contributed by atoms with van der Waals surface area (Å²) in [5.74, 6) is 0.100. The Morgan fingerprint density at radius 1 is 1.33 bits per heavy atom. The van der Waals surface area contributed by atoms with Crippen molar-refractivity contribution >= 4 is 5.91 Å². The molecule has 2 heterocycles. The fourth-order valence-electron chi connectivity index (χ4n) is 2.20. The summed E-state index contributed by atoms with van der Waals surface area (Å²) in [7, 11) is 1.85. The summed E-state index contributed by atoms with van der Waals surface area (Å²) in [5.41, 5.74) is 3.15. The highest BCUT2D eigenvalue weighted by molar-refractivity contribution is 5.78. The van der Waals surface area contributed by atoms with Gasteiger partial charge in [-0.1, -0.05) is 6.07 Å². The molecule has 2 rings (SSSR count). The molecule has 4 nitrogen and oxygen atoms in total. The molecule has 2 aromatic rings. The third-order valence-electron chi connectivity index (χ3n) is 3.61. The monoisotopic (exact) mass is 283 g/mol. The highest BCUT2D eigenvalue weighted by Gasteiger charge is 2.17. The number of hydrogen-bond donors (Lipinski definition) is 0. The number of carbonyl (C=O) groups is 1. The summed E-state index contributed by atoms with van der Waals surface area (Å²) in [6, 6.07) is 7.93. The molecule has 0 aliphatic rings. The van der Waals surface area contributed by atoms with E-state index in [4.69, 9.17) is 0 Å². The molecule has 0 saturated carbocycles. The van der Waals surface area contributed by atoms with Gasteiger partial charge < -0.3 is 4.90 Å². The zero-order valence-electron chi connectivity index (χ0n) is 12.8. The van der Waals surface area contributed by atoms with Gasteiger partial charge >= 0.3 is 0 Å². The Hall–Kier alpha value is -2.23. The van der Waals surface area contributed by atoms with E-state index in [1.807, 2.05) is 45.3 Å². The van der Waals surface area contributed by atoms with Crippen molar-refractivity contribution in [2.75, 3.05) is 7.05 Å². The van der Waals surface area contributed by atoms with E-state index in [1.54, 1.807) is 17.3 Å². The average molecular weight is 283 g/mol. The summed E-state index contributed by atoms with van der Waals surface area (Å²) in [6.07, 6.45) is 6.41. The second-order valence-electron chi connectivity index (χ2n) is 5.42. The first-order valence-corrected chi connectivity index (χ1v) is 7.12.